The summed E-state index contributed by atoms with van der Waals surface area (Å²) in [5.74, 6) is -3.84. The second-order valence-electron chi connectivity index (χ2n) is 7.52. The monoisotopic (exact) mass is 482 g/mol. The lowest BCUT2D eigenvalue weighted by Crippen LogP contribution is -2.51. The van der Waals surface area contributed by atoms with Gasteiger partial charge in [0.2, 0.25) is 17.7 Å². The number of carboxylic acid groups (broad SMARTS) is 1. The average Bonchev–Trinajstić information content (AvgIpc) is 2.93. The number of sulfonamides is 1. The van der Waals surface area contributed by atoms with E-state index in [-0.39, 0.29) is 49.1 Å². The van der Waals surface area contributed by atoms with Gasteiger partial charge in [0.25, 0.3) is 15.9 Å². The van der Waals surface area contributed by atoms with Crippen LogP contribution in [0.3, 0.4) is 0 Å². The summed E-state index contributed by atoms with van der Waals surface area (Å²) in [5, 5.41) is 13.4. The zero-order chi connectivity index (χ0) is 24.8. The first-order valence-electron chi connectivity index (χ1n) is 10.2. The molecule has 33 heavy (non-hydrogen) atoms. The van der Waals surface area contributed by atoms with E-state index in [0.717, 1.165) is 4.31 Å². The number of aliphatic carboxylic acids is 1. The number of carbonyl (C=O) groups excluding carboxylic acids is 4. The molecular formula is C20H26N4O8S. The van der Waals surface area contributed by atoms with E-state index in [9.17, 15) is 32.4 Å². The van der Waals surface area contributed by atoms with Crippen LogP contribution >= 0.6 is 0 Å². The number of primary amides is 1. The highest BCUT2D eigenvalue weighted by Crippen LogP contribution is 2.30. The Morgan fingerprint density at radius 1 is 1.09 bits per heavy atom. The van der Waals surface area contributed by atoms with Gasteiger partial charge in [-0.1, -0.05) is 12.1 Å². The largest absolute Gasteiger partial charge is 0.481 e. The predicted molar refractivity (Wildman–Crippen MR) is 114 cm³/mol. The molecule has 2 rings (SSSR count). The molecule has 5 N–H and O–H groups in total. The molecular weight excluding hydrogens is 456 g/mol. The molecule has 0 saturated heterocycles. The molecule has 0 bridgehead atoms. The summed E-state index contributed by atoms with van der Waals surface area (Å²) in [6.07, 6.45) is -0.0663. The number of rotatable bonds is 12. The van der Waals surface area contributed by atoms with Crippen LogP contribution in [0.4, 0.5) is 0 Å². The average molecular weight is 483 g/mol. The Kier molecular flexibility index (Phi) is 8.51. The number of nitrogens with two attached hydrogens (primary N) is 1. The van der Waals surface area contributed by atoms with Crippen molar-refractivity contribution in [2.24, 2.45) is 5.73 Å². The van der Waals surface area contributed by atoms with Gasteiger partial charge in [0.05, 0.1) is 5.56 Å². The lowest BCUT2D eigenvalue weighted by atomic mass is 10.1. The summed E-state index contributed by atoms with van der Waals surface area (Å²) < 4.78 is 25.7. The molecule has 0 fully saturated rings. The van der Waals surface area contributed by atoms with Gasteiger partial charge in [0.1, 0.15) is 17.0 Å². The zero-order valence-corrected chi connectivity index (χ0v) is 18.8. The number of amides is 4. The van der Waals surface area contributed by atoms with Crippen molar-refractivity contribution in [2.75, 3.05) is 6.54 Å². The van der Waals surface area contributed by atoms with Crippen molar-refractivity contribution in [1.82, 2.24) is 14.9 Å². The van der Waals surface area contributed by atoms with Crippen LogP contribution < -0.4 is 16.4 Å². The second kappa shape index (κ2) is 10.9. The van der Waals surface area contributed by atoms with Gasteiger partial charge >= 0.3 is 5.97 Å². The molecule has 1 aliphatic rings. The van der Waals surface area contributed by atoms with Gasteiger partial charge in [0, 0.05) is 19.4 Å². The Labute approximate surface area is 190 Å². The van der Waals surface area contributed by atoms with Gasteiger partial charge in [-0.3, -0.25) is 24.0 Å². The van der Waals surface area contributed by atoms with Crippen molar-refractivity contribution in [2.45, 2.75) is 56.0 Å². The highest BCUT2D eigenvalue weighted by atomic mass is 32.2. The van der Waals surface area contributed by atoms with Crippen molar-refractivity contribution in [1.29, 1.82) is 0 Å². The third-order valence-corrected chi connectivity index (χ3v) is 6.85. The van der Waals surface area contributed by atoms with Crippen LogP contribution in [0.15, 0.2) is 29.2 Å². The fourth-order valence-corrected chi connectivity index (χ4v) is 4.83. The molecule has 4 amide bonds. The van der Waals surface area contributed by atoms with E-state index in [0.29, 0.717) is 0 Å². The van der Waals surface area contributed by atoms with Crippen molar-refractivity contribution in [3.8, 4) is 0 Å². The SMILES string of the molecule is C[C@H](NC(=O)CCCCN1C(=O)c2ccccc2S1(=O)=O)C(=O)N[C@H](CCC(=O)O)C(N)=O. The number of hydrogen-bond acceptors (Lipinski definition) is 7. The van der Waals surface area contributed by atoms with Crippen LogP contribution in [0.25, 0.3) is 0 Å². The number of nitrogens with zero attached hydrogens (tertiary/aromatic N) is 1. The Bertz CT molecular complexity index is 1060. The maximum Gasteiger partial charge on any atom is 0.303 e. The molecule has 0 saturated carbocycles. The van der Waals surface area contributed by atoms with Gasteiger partial charge in [-0.2, -0.15) is 0 Å². The molecule has 1 aromatic carbocycles. The second-order valence-corrected chi connectivity index (χ2v) is 9.35. The number of fused-ring (bicyclic) bond motifs is 1. The highest BCUT2D eigenvalue weighted by Gasteiger charge is 2.40. The molecule has 13 heteroatoms. The summed E-state index contributed by atoms with van der Waals surface area (Å²) in [4.78, 5) is 58.6. The van der Waals surface area contributed by atoms with Crippen LogP contribution in [0.5, 0.6) is 0 Å². The number of benzene rings is 1. The summed E-state index contributed by atoms with van der Waals surface area (Å²) in [5.41, 5.74) is 5.28. The minimum atomic E-state index is -3.90. The molecule has 0 radical (unpaired) electrons. The predicted octanol–water partition coefficient (Wildman–Crippen LogP) is -0.659. The summed E-state index contributed by atoms with van der Waals surface area (Å²) >= 11 is 0. The van der Waals surface area contributed by atoms with Gasteiger partial charge in [-0.15, -0.1) is 0 Å². The molecule has 2 atom stereocenters. The van der Waals surface area contributed by atoms with E-state index in [1.165, 1.54) is 25.1 Å². The number of unbranched alkanes of at least 4 members (excludes halogenated alkanes) is 1. The van der Waals surface area contributed by atoms with Crippen LogP contribution in [0, 0.1) is 0 Å². The van der Waals surface area contributed by atoms with Crippen molar-refractivity contribution in [3.05, 3.63) is 29.8 Å². The van der Waals surface area contributed by atoms with Crippen LogP contribution in [-0.4, -0.2) is 66.1 Å². The highest BCUT2D eigenvalue weighted by molar-refractivity contribution is 7.90. The third-order valence-electron chi connectivity index (χ3n) is 5.00. The molecule has 0 spiro atoms. The van der Waals surface area contributed by atoms with E-state index in [2.05, 4.69) is 10.6 Å². The van der Waals surface area contributed by atoms with Gasteiger partial charge < -0.3 is 21.5 Å². The van der Waals surface area contributed by atoms with Gasteiger partial charge in [-0.05, 0) is 38.3 Å². The van der Waals surface area contributed by atoms with Crippen LogP contribution in [-0.2, 0) is 29.2 Å². The Morgan fingerprint density at radius 2 is 1.76 bits per heavy atom. The van der Waals surface area contributed by atoms with Crippen molar-refractivity contribution >= 4 is 39.6 Å². The first-order valence-corrected chi connectivity index (χ1v) is 11.7. The topological polar surface area (TPSA) is 193 Å². The summed E-state index contributed by atoms with van der Waals surface area (Å²) in [6.45, 7) is 1.30. The normalized spacial score (nSPS) is 15.9. The van der Waals surface area contributed by atoms with E-state index in [1.807, 2.05) is 0 Å². The molecule has 180 valence electrons. The summed E-state index contributed by atoms with van der Waals surface area (Å²) in [7, 11) is -3.90. The molecule has 1 aliphatic heterocycles. The van der Waals surface area contributed by atoms with Gasteiger partial charge in [0.15, 0.2) is 0 Å². The number of hydrogen-bond donors (Lipinski definition) is 4. The molecule has 12 nitrogen and oxygen atoms in total. The first kappa shape index (κ1) is 25.8. The minimum Gasteiger partial charge on any atom is -0.481 e. The van der Waals surface area contributed by atoms with E-state index >= 15 is 0 Å². The standard InChI is InChI=1S/C20H26N4O8S/c1-12(19(29)23-14(18(21)28)9-10-17(26)27)22-16(25)8-4-5-11-24-20(30)13-6-2-3-7-15(13)33(24,31)32/h2-3,6-7,12,14H,4-5,8-11H2,1H3,(H2,21,28)(H,22,25)(H,23,29)(H,26,27)/t12-,14+/m0/s1. The molecule has 0 aromatic heterocycles. The Hall–Kier alpha value is -3.48. The van der Waals surface area contributed by atoms with Crippen molar-refractivity contribution < 1.29 is 37.5 Å². The summed E-state index contributed by atoms with van der Waals surface area (Å²) in [6, 6.07) is 3.73. The van der Waals surface area contributed by atoms with E-state index in [4.69, 9.17) is 10.8 Å². The molecule has 0 aliphatic carbocycles. The molecule has 1 heterocycles. The molecule has 0 unspecified atom stereocenters. The smallest absolute Gasteiger partial charge is 0.303 e. The lowest BCUT2D eigenvalue weighted by Gasteiger charge is -2.19. The maximum atomic E-state index is 12.5. The van der Waals surface area contributed by atoms with E-state index < -0.39 is 51.7 Å². The fourth-order valence-electron chi connectivity index (χ4n) is 3.22. The van der Waals surface area contributed by atoms with E-state index in [1.54, 1.807) is 6.07 Å². The number of carbonyl (C=O) groups is 5. The fraction of sp³-hybridized carbons (Fsp3) is 0.450. The Morgan fingerprint density at radius 3 is 2.36 bits per heavy atom. The van der Waals surface area contributed by atoms with Crippen molar-refractivity contribution in [3.63, 3.8) is 0 Å². The number of nitrogens with one attached hydrogen (secondary N) is 2. The number of carboxylic acids is 1. The molecule has 1 aromatic rings. The third kappa shape index (κ3) is 6.51. The quantitative estimate of drug-likeness (QED) is 0.282. The van der Waals surface area contributed by atoms with Crippen LogP contribution in [0.2, 0.25) is 0 Å². The van der Waals surface area contributed by atoms with Gasteiger partial charge in [-0.25, -0.2) is 12.7 Å². The van der Waals surface area contributed by atoms with Crippen LogP contribution in [0.1, 0.15) is 49.4 Å². The maximum absolute atomic E-state index is 12.5. The minimum absolute atomic E-state index is 0.0229. The lowest BCUT2D eigenvalue weighted by molar-refractivity contribution is -0.137. The first-order chi connectivity index (χ1) is 15.4. The zero-order valence-electron chi connectivity index (χ0n) is 17.9. The Balaban J connectivity index is 1.78.